The van der Waals surface area contributed by atoms with E-state index in [0.29, 0.717) is 13.1 Å². The minimum Gasteiger partial charge on any atom is -0.481 e. The molecule has 0 fully saturated rings. The van der Waals surface area contributed by atoms with Gasteiger partial charge in [-0.2, -0.15) is 0 Å². The van der Waals surface area contributed by atoms with E-state index in [1.54, 1.807) is 34.9 Å². The Balaban J connectivity index is 4.70. The summed E-state index contributed by atoms with van der Waals surface area (Å²) < 4.78 is 0. The van der Waals surface area contributed by atoms with Crippen molar-refractivity contribution in [3.05, 3.63) is 0 Å². The number of nitrogens with one attached hydrogen (secondary N) is 1. The largest absolute Gasteiger partial charge is 0.481 e. The summed E-state index contributed by atoms with van der Waals surface area (Å²) in [6.07, 6.45) is 0. The molecule has 0 aromatic rings. The molecule has 0 aliphatic heterocycles. The quantitative estimate of drug-likeness (QED) is 0.671. The number of aliphatic carboxylic acids is 1. The van der Waals surface area contributed by atoms with Gasteiger partial charge in [-0.1, -0.05) is 20.8 Å². The Morgan fingerprint density at radius 2 is 1.88 bits per heavy atom. The molecule has 0 heterocycles. The number of carbonyl (C=O) groups is 2. The highest BCUT2D eigenvalue weighted by molar-refractivity contribution is 5.97. The summed E-state index contributed by atoms with van der Waals surface area (Å²) in [6, 6.07) is 0. The molecule has 1 unspecified atom stereocenters. The molecule has 1 amide bonds. The van der Waals surface area contributed by atoms with Crippen molar-refractivity contribution < 1.29 is 14.7 Å². The van der Waals surface area contributed by atoms with E-state index in [2.05, 4.69) is 5.32 Å². The van der Waals surface area contributed by atoms with Crippen LogP contribution in [0.5, 0.6) is 0 Å². The normalized spacial score (nSPS) is 13.3. The van der Waals surface area contributed by atoms with E-state index < -0.39 is 17.3 Å². The third kappa shape index (κ3) is 4.18. The van der Waals surface area contributed by atoms with Crippen molar-refractivity contribution in [2.24, 2.45) is 11.3 Å². The van der Waals surface area contributed by atoms with Gasteiger partial charge in [-0.15, -0.1) is 0 Å². The Bertz CT molecular complexity index is 258. The number of rotatable bonds is 5. The number of carbonyl (C=O) groups excluding carboxylic acids is 1. The lowest BCUT2D eigenvalue weighted by molar-refractivity contribution is -0.155. The minimum atomic E-state index is -1.06. The third-order valence-corrected chi connectivity index (χ3v) is 2.43. The summed E-state index contributed by atoms with van der Waals surface area (Å²) in [7, 11) is 3.41. The van der Waals surface area contributed by atoms with Crippen LogP contribution in [0.15, 0.2) is 0 Å². The van der Waals surface area contributed by atoms with Crippen molar-refractivity contribution in [1.29, 1.82) is 0 Å². The summed E-state index contributed by atoms with van der Waals surface area (Å²) in [6.45, 7) is 6.44. The van der Waals surface area contributed by atoms with E-state index in [0.717, 1.165) is 0 Å². The number of amides is 1. The molecule has 0 radical (unpaired) electrons. The van der Waals surface area contributed by atoms with Crippen LogP contribution >= 0.6 is 0 Å². The predicted molar refractivity (Wildman–Crippen MR) is 62.1 cm³/mol. The lowest BCUT2D eigenvalue weighted by Crippen LogP contribution is -2.45. The number of hydrogen-bond donors (Lipinski definition) is 2. The molecule has 0 aromatic carbocycles. The minimum absolute atomic E-state index is 0.338. The summed E-state index contributed by atoms with van der Waals surface area (Å²) in [4.78, 5) is 24.5. The van der Waals surface area contributed by atoms with Gasteiger partial charge in [0.25, 0.3) is 0 Å². The van der Waals surface area contributed by atoms with Gasteiger partial charge >= 0.3 is 5.97 Å². The topological polar surface area (TPSA) is 69.6 Å². The van der Waals surface area contributed by atoms with Crippen LogP contribution in [0.25, 0.3) is 0 Å². The fourth-order valence-electron chi connectivity index (χ4n) is 1.46. The van der Waals surface area contributed by atoms with Gasteiger partial charge in [-0.3, -0.25) is 9.59 Å². The van der Waals surface area contributed by atoms with Crippen molar-refractivity contribution in [3.63, 3.8) is 0 Å². The maximum Gasteiger partial charge on any atom is 0.316 e. The Kier molecular flexibility index (Phi) is 5.44. The predicted octanol–water partition coefficient (Wildman–Crippen LogP) is 0.411. The molecule has 0 aromatic heterocycles. The molecular weight excluding hydrogens is 208 g/mol. The molecule has 0 aliphatic rings. The standard InChI is InChI=1S/C11H22N2O3/c1-11(2,3)8(10(15)16)9(14)13(5)7-6-12-4/h8,12H,6-7H2,1-5H3,(H,15,16). The van der Waals surface area contributed by atoms with Crippen molar-refractivity contribution in [2.45, 2.75) is 20.8 Å². The number of nitrogens with zero attached hydrogens (tertiary/aromatic N) is 1. The molecule has 94 valence electrons. The van der Waals surface area contributed by atoms with Crippen LogP contribution in [0.1, 0.15) is 20.8 Å². The monoisotopic (exact) mass is 230 g/mol. The second-order valence-electron chi connectivity index (χ2n) is 5.00. The molecular formula is C11H22N2O3. The SMILES string of the molecule is CNCCN(C)C(=O)C(C(=O)O)C(C)(C)C. The first-order chi connectivity index (χ1) is 7.21. The highest BCUT2D eigenvalue weighted by Crippen LogP contribution is 2.27. The van der Waals surface area contributed by atoms with Gasteiger partial charge in [0, 0.05) is 20.1 Å². The summed E-state index contributed by atoms with van der Waals surface area (Å²) in [5.74, 6) is -2.39. The Morgan fingerprint density at radius 3 is 2.19 bits per heavy atom. The zero-order valence-corrected chi connectivity index (χ0v) is 10.7. The van der Waals surface area contributed by atoms with Gasteiger partial charge < -0.3 is 15.3 Å². The molecule has 0 rings (SSSR count). The average Bonchev–Trinajstić information content (AvgIpc) is 2.10. The summed E-state index contributed by atoms with van der Waals surface area (Å²) >= 11 is 0. The van der Waals surface area contributed by atoms with Gasteiger partial charge in [-0.25, -0.2) is 0 Å². The number of likely N-dealkylation sites (N-methyl/N-ethyl adjacent to an activating group) is 2. The average molecular weight is 230 g/mol. The van der Waals surface area contributed by atoms with E-state index in [9.17, 15) is 9.59 Å². The zero-order chi connectivity index (χ0) is 12.9. The summed E-state index contributed by atoms with van der Waals surface area (Å²) in [5.41, 5.74) is -0.573. The highest BCUT2D eigenvalue weighted by Gasteiger charge is 2.39. The molecule has 0 bridgehead atoms. The molecule has 0 spiro atoms. The van der Waals surface area contributed by atoms with E-state index in [-0.39, 0.29) is 5.91 Å². The van der Waals surface area contributed by atoms with Crippen LogP contribution < -0.4 is 5.32 Å². The van der Waals surface area contributed by atoms with Crippen LogP contribution in [0.2, 0.25) is 0 Å². The van der Waals surface area contributed by atoms with Gasteiger partial charge in [-0.05, 0) is 12.5 Å². The number of carboxylic acids is 1. The second-order valence-corrected chi connectivity index (χ2v) is 5.00. The second kappa shape index (κ2) is 5.84. The number of hydrogen-bond acceptors (Lipinski definition) is 3. The van der Waals surface area contributed by atoms with Crippen LogP contribution in [-0.2, 0) is 9.59 Å². The first-order valence-electron chi connectivity index (χ1n) is 5.34. The van der Waals surface area contributed by atoms with Crippen LogP contribution in [0.3, 0.4) is 0 Å². The maximum absolute atomic E-state index is 12.0. The first-order valence-corrected chi connectivity index (χ1v) is 5.34. The fraction of sp³-hybridized carbons (Fsp3) is 0.818. The van der Waals surface area contributed by atoms with Crippen LogP contribution in [0, 0.1) is 11.3 Å². The van der Waals surface area contributed by atoms with Crippen molar-refractivity contribution >= 4 is 11.9 Å². The summed E-state index contributed by atoms with van der Waals surface area (Å²) in [5, 5.41) is 12.0. The van der Waals surface area contributed by atoms with E-state index >= 15 is 0 Å². The van der Waals surface area contributed by atoms with Crippen molar-refractivity contribution in [3.8, 4) is 0 Å². The zero-order valence-electron chi connectivity index (χ0n) is 10.7. The number of carboxylic acid groups (broad SMARTS) is 1. The fourth-order valence-corrected chi connectivity index (χ4v) is 1.46. The van der Waals surface area contributed by atoms with E-state index in [4.69, 9.17) is 5.11 Å². The van der Waals surface area contributed by atoms with Crippen molar-refractivity contribution in [1.82, 2.24) is 10.2 Å². The molecule has 1 atom stereocenters. The molecule has 16 heavy (non-hydrogen) atoms. The molecule has 0 saturated carbocycles. The molecule has 0 aliphatic carbocycles. The smallest absolute Gasteiger partial charge is 0.316 e. The lowest BCUT2D eigenvalue weighted by Gasteiger charge is -2.29. The van der Waals surface area contributed by atoms with E-state index in [1.165, 1.54) is 4.90 Å². The van der Waals surface area contributed by atoms with Crippen LogP contribution in [-0.4, -0.2) is 49.1 Å². The third-order valence-electron chi connectivity index (χ3n) is 2.43. The van der Waals surface area contributed by atoms with Gasteiger partial charge in [0.05, 0.1) is 0 Å². The molecule has 5 heteroatoms. The van der Waals surface area contributed by atoms with Gasteiger partial charge in [0.15, 0.2) is 0 Å². The van der Waals surface area contributed by atoms with E-state index in [1.807, 2.05) is 0 Å². The first kappa shape index (κ1) is 14.9. The van der Waals surface area contributed by atoms with Gasteiger partial charge in [0.1, 0.15) is 5.92 Å². The Labute approximate surface area is 96.8 Å². The molecule has 2 N–H and O–H groups in total. The lowest BCUT2D eigenvalue weighted by atomic mass is 9.80. The Morgan fingerprint density at radius 1 is 1.38 bits per heavy atom. The maximum atomic E-state index is 12.0. The van der Waals surface area contributed by atoms with Gasteiger partial charge in [0.2, 0.25) is 5.91 Å². The van der Waals surface area contributed by atoms with Crippen LogP contribution in [0.4, 0.5) is 0 Å². The molecule has 5 nitrogen and oxygen atoms in total. The molecule has 0 saturated heterocycles. The highest BCUT2D eigenvalue weighted by atomic mass is 16.4. The Hall–Kier alpha value is -1.10. The van der Waals surface area contributed by atoms with Crippen molar-refractivity contribution in [2.75, 3.05) is 27.2 Å².